The van der Waals surface area contributed by atoms with Gasteiger partial charge in [-0.3, -0.25) is 0 Å². The van der Waals surface area contributed by atoms with Crippen molar-refractivity contribution in [2.75, 3.05) is 25.5 Å². The van der Waals surface area contributed by atoms with Crippen molar-refractivity contribution >= 4 is 23.5 Å². The van der Waals surface area contributed by atoms with Crippen molar-refractivity contribution in [3.8, 4) is 0 Å². The summed E-state index contributed by atoms with van der Waals surface area (Å²) in [5.41, 5.74) is 3.26. The lowest BCUT2D eigenvalue weighted by molar-refractivity contribution is 0.202. The summed E-state index contributed by atoms with van der Waals surface area (Å²) in [5.74, 6) is 1.86. The highest BCUT2D eigenvalue weighted by atomic mass is 32.2. The molecule has 0 spiro atoms. The van der Waals surface area contributed by atoms with Crippen LogP contribution in [0, 0.1) is 0 Å². The maximum absolute atomic E-state index is 11.9. The predicted octanol–water partition coefficient (Wildman–Crippen LogP) is 3.58. The van der Waals surface area contributed by atoms with Crippen LogP contribution in [0.25, 0.3) is 0 Å². The van der Waals surface area contributed by atoms with E-state index in [2.05, 4.69) is 35.6 Å². The minimum Gasteiger partial charge on any atom is -0.395 e. The van der Waals surface area contributed by atoms with Gasteiger partial charge in [-0.2, -0.15) is 11.8 Å². The maximum atomic E-state index is 11.9. The molecule has 23 heavy (non-hydrogen) atoms. The van der Waals surface area contributed by atoms with Gasteiger partial charge in [-0.05, 0) is 23.3 Å². The Morgan fingerprint density at radius 2 is 1.78 bits per heavy atom. The van der Waals surface area contributed by atoms with E-state index in [9.17, 15) is 4.79 Å². The first kappa shape index (κ1) is 17.4. The number of hydrogen-bond donors (Lipinski definition) is 2. The number of aliphatic hydroxyl groups is 1. The molecule has 5 heteroatoms. The summed E-state index contributed by atoms with van der Waals surface area (Å²) in [6, 6.07) is 18.0. The Labute approximate surface area is 141 Å². The van der Waals surface area contributed by atoms with Crippen LogP contribution in [0.5, 0.6) is 0 Å². The molecule has 0 aliphatic heterocycles. The fourth-order valence-corrected chi connectivity index (χ4v) is 3.02. The zero-order valence-corrected chi connectivity index (χ0v) is 14.1. The Morgan fingerprint density at radius 3 is 2.52 bits per heavy atom. The molecule has 0 unspecified atom stereocenters. The summed E-state index contributed by atoms with van der Waals surface area (Å²) in [6.45, 7) is 0.276. The van der Waals surface area contributed by atoms with E-state index < -0.39 is 0 Å². The molecule has 0 radical (unpaired) electrons. The molecule has 2 aromatic carbocycles. The molecule has 0 saturated heterocycles. The van der Waals surface area contributed by atoms with Gasteiger partial charge in [0.2, 0.25) is 0 Å². The Morgan fingerprint density at radius 1 is 1.09 bits per heavy atom. The standard InChI is InChI=1S/C18H22N2O2S/c1-20(10-11-21)18(22)19-17-9-5-8-16(12-17)14-23-13-15-6-3-2-4-7-15/h2-9,12,21H,10-11,13-14H2,1H3,(H,19,22). The van der Waals surface area contributed by atoms with Crippen LogP contribution in [0.4, 0.5) is 10.5 Å². The van der Waals surface area contributed by atoms with Crippen LogP contribution in [0.3, 0.4) is 0 Å². The highest BCUT2D eigenvalue weighted by Crippen LogP contribution is 2.20. The fraction of sp³-hybridized carbons (Fsp3) is 0.278. The van der Waals surface area contributed by atoms with Crippen LogP contribution in [0.15, 0.2) is 54.6 Å². The number of amides is 2. The van der Waals surface area contributed by atoms with Crippen molar-refractivity contribution in [3.05, 3.63) is 65.7 Å². The third-order valence-electron chi connectivity index (χ3n) is 3.34. The highest BCUT2D eigenvalue weighted by molar-refractivity contribution is 7.97. The van der Waals surface area contributed by atoms with Crippen LogP contribution in [-0.4, -0.2) is 36.2 Å². The smallest absolute Gasteiger partial charge is 0.321 e. The Hall–Kier alpha value is -1.98. The van der Waals surface area contributed by atoms with Crippen molar-refractivity contribution < 1.29 is 9.90 Å². The molecule has 0 aromatic heterocycles. The lowest BCUT2D eigenvalue weighted by Gasteiger charge is -2.16. The van der Waals surface area contributed by atoms with Crippen molar-refractivity contribution in [1.29, 1.82) is 0 Å². The number of anilines is 1. The van der Waals surface area contributed by atoms with E-state index in [4.69, 9.17) is 5.11 Å². The number of thioether (sulfide) groups is 1. The van der Waals surface area contributed by atoms with E-state index in [-0.39, 0.29) is 12.6 Å². The lowest BCUT2D eigenvalue weighted by atomic mass is 10.2. The molecule has 0 saturated carbocycles. The number of aliphatic hydroxyl groups excluding tert-OH is 1. The van der Waals surface area contributed by atoms with Gasteiger partial charge in [-0.25, -0.2) is 4.79 Å². The molecule has 0 aliphatic rings. The summed E-state index contributed by atoms with van der Waals surface area (Å²) in [5, 5.41) is 11.7. The van der Waals surface area contributed by atoms with Crippen molar-refractivity contribution in [2.24, 2.45) is 0 Å². The molecule has 0 heterocycles. The quantitative estimate of drug-likeness (QED) is 0.816. The molecule has 2 aromatic rings. The average molecular weight is 330 g/mol. The predicted molar refractivity (Wildman–Crippen MR) is 96.6 cm³/mol. The molecule has 2 rings (SSSR count). The number of urea groups is 1. The third-order valence-corrected chi connectivity index (χ3v) is 4.42. The molecule has 0 bridgehead atoms. The second kappa shape index (κ2) is 9.22. The summed E-state index contributed by atoms with van der Waals surface area (Å²) in [6.07, 6.45) is 0. The molecule has 122 valence electrons. The van der Waals surface area contributed by atoms with E-state index in [0.717, 1.165) is 17.2 Å². The SMILES string of the molecule is CN(CCO)C(=O)Nc1cccc(CSCc2ccccc2)c1. The third kappa shape index (κ3) is 5.96. The number of hydrogen-bond acceptors (Lipinski definition) is 3. The summed E-state index contributed by atoms with van der Waals surface area (Å²) in [7, 11) is 1.66. The number of carbonyl (C=O) groups is 1. The summed E-state index contributed by atoms with van der Waals surface area (Å²) >= 11 is 1.85. The topological polar surface area (TPSA) is 52.6 Å². The van der Waals surface area contributed by atoms with Gasteiger partial charge in [0.1, 0.15) is 0 Å². The minimum absolute atomic E-state index is 0.0416. The lowest BCUT2D eigenvalue weighted by Crippen LogP contribution is -2.33. The molecule has 4 nitrogen and oxygen atoms in total. The number of likely N-dealkylation sites (N-methyl/N-ethyl adjacent to an activating group) is 1. The number of carbonyl (C=O) groups excluding carboxylic acids is 1. The van der Waals surface area contributed by atoms with E-state index >= 15 is 0 Å². The minimum atomic E-state index is -0.215. The number of rotatable bonds is 7. The molecule has 0 fully saturated rings. The first-order chi connectivity index (χ1) is 11.2. The van der Waals surface area contributed by atoms with Gasteiger partial charge in [0, 0.05) is 30.8 Å². The normalized spacial score (nSPS) is 10.3. The van der Waals surface area contributed by atoms with Gasteiger partial charge < -0.3 is 15.3 Å². The van der Waals surface area contributed by atoms with Crippen LogP contribution >= 0.6 is 11.8 Å². The fourth-order valence-electron chi connectivity index (χ4n) is 2.07. The Kier molecular flexibility index (Phi) is 6.97. The van der Waals surface area contributed by atoms with Crippen LogP contribution < -0.4 is 5.32 Å². The van der Waals surface area contributed by atoms with E-state index in [1.165, 1.54) is 16.0 Å². The zero-order valence-electron chi connectivity index (χ0n) is 13.2. The van der Waals surface area contributed by atoms with Crippen molar-refractivity contribution in [1.82, 2.24) is 4.90 Å². The van der Waals surface area contributed by atoms with Gasteiger partial charge in [0.25, 0.3) is 0 Å². The molecule has 2 N–H and O–H groups in total. The van der Waals surface area contributed by atoms with Gasteiger partial charge in [-0.1, -0.05) is 42.5 Å². The van der Waals surface area contributed by atoms with Gasteiger partial charge in [-0.15, -0.1) is 0 Å². The molecule has 0 aliphatic carbocycles. The van der Waals surface area contributed by atoms with Crippen LogP contribution in [0.2, 0.25) is 0 Å². The second-order valence-corrected chi connectivity index (χ2v) is 6.24. The Balaban J connectivity index is 1.85. The monoisotopic (exact) mass is 330 g/mol. The van der Waals surface area contributed by atoms with E-state index in [1.54, 1.807) is 7.05 Å². The first-order valence-corrected chi connectivity index (χ1v) is 8.68. The second-order valence-electron chi connectivity index (χ2n) is 5.25. The molecule has 2 amide bonds. The Bertz CT molecular complexity index is 619. The van der Waals surface area contributed by atoms with Crippen molar-refractivity contribution in [3.63, 3.8) is 0 Å². The molecule has 0 atom stereocenters. The van der Waals surface area contributed by atoms with E-state index in [0.29, 0.717) is 6.54 Å². The number of nitrogens with zero attached hydrogens (tertiary/aromatic N) is 1. The number of nitrogens with one attached hydrogen (secondary N) is 1. The highest BCUT2D eigenvalue weighted by Gasteiger charge is 2.08. The summed E-state index contributed by atoms with van der Waals surface area (Å²) in [4.78, 5) is 13.4. The van der Waals surface area contributed by atoms with E-state index in [1.807, 2.05) is 36.0 Å². The van der Waals surface area contributed by atoms with Gasteiger partial charge in [0.05, 0.1) is 6.61 Å². The van der Waals surface area contributed by atoms with Crippen molar-refractivity contribution in [2.45, 2.75) is 11.5 Å². The van der Waals surface area contributed by atoms with Crippen LogP contribution in [-0.2, 0) is 11.5 Å². The molecular weight excluding hydrogens is 308 g/mol. The maximum Gasteiger partial charge on any atom is 0.321 e. The average Bonchev–Trinajstić information content (AvgIpc) is 2.56. The van der Waals surface area contributed by atoms with Gasteiger partial charge >= 0.3 is 6.03 Å². The largest absolute Gasteiger partial charge is 0.395 e. The first-order valence-electron chi connectivity index (χ1n) is 7.52. The summed E-state index contributed by atoms with van der Waals surface area (Å²) < 4.78 is 0. The van der Waals surface area contributed by atoms with Crippen LogP contribution in [0.1, 0.15) is 11.1 Å². The zero-order chi connectivity index (χ0) is 16.5. The van der Waals surface area contributed by atoms with Gasteiger partial charge in [0.15, 0.2) is 0 Å². The molecular formula is C18H22N2O2S. The number of benzene rings is 2.